The van der Waals surface area contributed by atoms with E-state index in [1.165, 1.54) is 0 Å². The smallest absolute Gasteiger partial charge is 0.122 e. The molecule has 1 rings (SSSR count). The second kappa shape index (κ2) is 4.60. The molecule has 76 valence electrons. The molecule has 0 aliphatic heterocycles. The summed E-state index contributed by atoms with van der Waals surface area (Å²) in [5, 5.41) is 3.45. The molecule has 0 aliphatic rings. The van der Waals surface area contributed by atoms with E-state index < -0.39 is 0 Å². The van der Waals surface area contributed by atoms with Crippen LogP contribution >= 0.6 is 0 Å². The summed E-state index contributed by atoms with van der Waals surface area (Å²) in [5.41, 5.74) is 7.86. The van der Waals surface area contributed by atoms with E-state index in [1.54, 1.807) is 20.3 Å². The van der Waals surface area contributed by atoms with Crippen molar-refractivity contribution in [3.05, 3.63) is 23.8 Å². The van der Waals surface area contributed by atoms with Crippen LogP contribution in [0.15, 0.2) is 23.3 Å². The molecular formula is C10H14N2O2. The van der Waals surface area contributed by atoms with Crippen LogP contribution < -0.4 is 9.47 Å². The molecule has 0 amide bonds. The molecule has 0 aliphatic carbocycles. The fourth-order valence-corrected chi connectivity index (χ4v) is 1.15. The highest BCUT2D eigenvalue weighted by Crippen LogP contribution is 2.27. The molecule has 0 aromatic heterocycles. The molecule has 0 heterocycles. The average molecular weight is 194 g/mol. The van der Waals surface area contributed by atoms with Gasteiger partial charge in [-0.05, 0) is 24.6 Å². The number of ether oxygens (including phenoxy) is 2. The molecule has 0 saturated heterocycles. The lowest BCUT2D eigenvalue weighted by Gasteiger charge is -2.09. The molecule has 1 unspecified atom stereocenters. The van der Waals surface area contributed by atoms with E-state index in [0.717, 1.165) is 17.1 Å². The Morgan fingerprint density at radius 1 is 1.14 bits per heavy atom. The van der Waals surface area contributed by atoms with Gasteiger partial charge in [0.1, 0.15) is 11.5 Å². The van der Waals surface area contributed by atoms with E-state index in [4.69, 9.17) is 15.0 Å². The summed E-state index contributed by atoms with van der Waals surface area (Å²) in [6.07, 6.45) is 0. The average Bonchev–Trinajstić information content (AvgIpc) is 2.27. The second-order valence-corrected chi connectivity index (χ2v) is 2.95. The summed E-state index contributed by atoms with van der Waals surface area (Å²) in [4.78, 5) is 0. The Morgan fingerprint density at radius 2 is 1.64 bits per heavy atom. The van der Waals surface area contributed by atoms with Crippen LogP contribution in [-0.2, 0) is 0 Å². The SMILES string of the molecule is COc1cc(OC)cc(C(C)N=N)c1. The molecule has 0 bridgehead atoms. The third-order valence-electron chi connectivity index (χ3n) is 2.05. The van der Waals surface area contributed by atoms with E-state index in [2.05, 4.69) is 5.11 Å². The number of nitrogens with one attached hydrogen (secondary N) is 1. The van der Waals surface area contributed by atoms with Gasteiger partial charge in [0.25, 0.3) is 0 Å². The van der Waals surface area contributed by atoms with Crippen LogP contribution in [0, 0.1) is 5.53 Å². The lowest BCUT2D eigenvalue weighted by molar-refractivity contribution is 0.392. The normalized spacial score (nSPS) is 11.9. The molecule has 0 fully saturated rings. The van der Waals surface area contributed by atoms with E-state index in [1.807, 2.05) is 19.1 Å². The zero-order chi connectivity index (χ0) is 10.6. The van der Waals surface area contributed by atoms with Crippen molar-refractivity contribution in [2.45, 2.75) is 13.0 Å². The maximum atomic E-state index is 6.94. The number of rotatable bonds is 4. The van der Waals surface area contributed by atoms with E-state index >= 15 is 0 Å². The van der Waals surface area contributed by atoms with Crippen LogP contribution in [0.3, 0.4) is 0 Å². The molecule has 1 atom stereocenters. The molecular weight excluding hydrogens is 180 g/mol. The van der Waals surface area contributed by atoms with Crippen molar-refractivity contribution in [1.82, 2.24) is 0 Å². The standard InChI is InChI=1S/C10H14N2O2/c1-7(12-11)8-4-9(13-2)6-10(5-8)14-3/h4-7,11H,1-3H3. The van der Waals surface area contributed by atoms with E-state index in [0.29, 0.717) is 0 Å². The first-order valence-electron chi connectivity index (χ1n) is 4.30. The van der Waals surface area contributed by atoms with Gasteiger partial charge in [-0.2, -0.15) is 5.11 Å². The summed E-state index contributed by atoms with van der Waals surface area (Å²) in [7, 11) is 3.20. The number of nitrogens with zero attached hydrogens (tertiary/aromatic N) is 1. The first kappa shape index (κ1) is 10.5. The van der Waals surface area contributed by atoms with Gasteiger partial charge in [0.05, 0.1) is 20.3 Å². The number of hydrogen-bond donors (Lipinski definition) is 1. The Morgan fingerprint density at radius 3 is 2.00 bits per heavy atom. The summed E-state index contributed by atoms with van der Waals surface area (Å²) >= 11 is 0. The van der Waals surface area contributed by atoms with Crippen molar-refractivity contribution in [2.75, 3.05) is 14.2 Å². The van der Waals surface area contributed by atoms with Gasteiger partial charge in [-0.1, -0.05) is 0 Å². The first-order chi connectivity index (χ1) is 6.71. The van der Waals surface area contributed by atoms with Crippen molar-refractivity contribution in [2.24, 2.45) is 5.11 Å². The maximum Gasteiger partial charge on any atom is 0.122 e. The Hall–Kier alpha value is -1.58. The van der Waals surface area contributed by atoms with E-state index in [9.17, 15) is 0 Å². The fraction of sp³-hybridized carbons (Fsp3) is 0.400. The molecule has 0 radical (unpaired) electrons. The number of hydrogen-bond acceptors (Lipinski definition) is 4. The predicted octanol–water partition coefficient (Wildman–Crippen LogP) is 2.80. The van der Waals surface area contributed by atoms with Crippen molar-refractivity contribution in [1.29, 1.82) is 5.53 Å². The third kappa shape index (κ3) is 2.22. The van der Waals surface area contributed by atoms with Gasteiger partial charge in [0.15, 0.2) is 0 Å². The number of benzene rings is 1. The minimum atomic E-state index is -0.168. The van der Waals surface area contributed by atoms with E-state index in [-0.39, 0.29) is 6.04 Å². The fourth-order valence-electron chi connectivity index (χ4n) is 1.15. The van der Waals surface area contributed by atoms with Crippen LogP contribution in [0.2, 0.25) is 0 Å². The third-order valence-corrected chi connectivity index (χ3v) is 2.05. The van der Waals surface area contributed by atoms with Crippen molar-refractivity contribution < 1.29 is 9.47 Å². The van der Waals surface area contributed by atoms with Crippen LogP contribution in [0.25, 0.3) is 0 Å². The minimum absolute atomic E-state index is 0.168. The summed E-state index contributed by atoms with van der Waals surface area (Å²) in [5.74, 6) is 1.43. The van der Waals surface area contributed by atoms with Gasteiger partial charge < -0.3 is 9.47 Å². The molecule has 4 nitrogen and oxygen atoms in total. The van der Waals surface area contributed by atoms with Crippen molar-refractivity contribution >= 4 is 0 Å². The summed E-state index contributed by atoms with van der Waals surface area (Å²) < 4.78 is 10.2. The maximum absolute atomic E-state index is 6.94. The van der Waals surface area contributed by atoms with Gasteiger partial charge in [0.2, 0.25) is 0 Å². The van der Waals surface area contributed by atoms with Gasteiger partial charge in [-0.15, -0.1) is 0 Å². The zero-order valence-corrected chi connectivity index (χ0v) is 8.57. The van der Waals surface area contributed by atoms with Crippen LogP contribution in [-0.4, -0.2) is 14.2 Å². The molecule has 4 heteroatoms. The predicted molar refractivity (Wildman–Crippen MR) is 53.1 cm³/mol. The lowest BCUT2D eigenvalue weighted by atomic mass is 10.1. The van der Waals surface area contributed by atoms with Crippen LogP contribution in [0.1, 0.15) is 18.5 Å². The monoisotopic (exact) mass is 194 g/mol. The lowest BCUT2D eigenvalue weighted by Crippen LogP contribution is -1.93. The highest BCUT2D eigenvalue weighted by molar-refractivity contribution is 5.39. The van der Waals surface area contributed by atoms with Gasteiger partial charge in [0, 0.05) is 6.07 Å². The van der Waals surface area contributed by atoms with Crippen molar-refractivity contribution in [3.8, 4) is 11.5 Å². The Balaban J connectivity index is 3.09. The van der Waals surface area contributed by atoms with Crippen LogP contribution in [0.4, 0.5) is 0 Å². The van der Waals surface area contributed by atoms with Crippen molar-refractivity contribution in [3.63, 3.8) is 0 Å². The summed E-state index contributed by atoms with van der Waals surface area (Å²) in [6, 6.07) is 5.33. The molecule has 14 heavy (non-hydrogen) atoms. The quantitative estimate of drug-likeness (QED) is 0.749. The molecule has 1 aromatic carbocycles. The second-order valence-electron chi connectivity index (χ2n) is 2.95. The minimum Gasteiger partial charge on any atom is -0.497 e. The topological polar surface area (TPSA) is 54.7 Å². The highest BCUT2D eigenvalue weighted by Gasteiger charge is 2.07. The molecule has 1 aromatic rings. The molecule has 1 N–H and O–H groups in total. The highest BCUT2D eigenvalue weighted by atomic mass is 16.5. The van der Waals surface area contributed by atoms with Gasteiger partial charge >= 0.3 is 0 Å². The Labute approximate surface area is 83.4 Å². The molecule has 0 saturated carbocycles. The summed E-state index contributed by atoms with van der Waals surface area (Å²) in [6.45, 7) is 1.85. The Kier molecular flexibility index (Phi) is 3.45. The van der Waals surface area contributed by atoms with Crippen LogP contribution in [0.5, 0.6) is 11.5 Å². The zero-order valence-electron chi connectivity index (χ0n) is 8.57. The molecule has 0 spiro atoms. The largest absolute Gasteiger partial charge is 0.497 e. The van der Waals surface area contributed by atoms with Gasteiger partial charge in [-0.3, -0.25) is 0 Å². The van der Waals surface area contributed by atoms with Gasteiger partial charge in [-0.25, -0.2) is 5.53 Å². The number of methoxy groups -OCH3 is 2. The first-order valence-corrected chi connectivity index (χ1v) is 4.30. The Bertz CT molecular complexity index is 304.